The highest BCUT2D eigenvalue weighted by molar-refractivity contribution is 7.91. The van der Waals surface area contributed by atoms with Crippen LogP contribution in [-0.2, 0) is 31.7 Å². The van der Waals surface area contributed by atoms with E-state index in [1.54, 1.807) is 41.3 Å². The summed E-state index contributed by atoms with van der Waals surface area (Å²) < 4.78 is 32.2. The smallest absolute Gasteiger partial charge is 0.252 e. The second kappa shape index (κ2) is 7.25. The first-order valence-corrected chi connectivity index (χ1v) is 9.60. The Balaban J connectivity index is 1.78. The van der Waals surface area contributed by atoms with Gasteiger partial charge in [0, 0.05) is 19.3 Å². The maximum Gasteiger partial charge on any atom is 0.252 e. The van der Waals surface area contributed by atoms with Crippen LogP contribution in [0.2, 0.25) is 0 Å². The maximum absolute atomic E-state index is 12.4. The highest BCUT2D eigenvalue weighted by Gasteiger charge is 2.25. The summed E-state index contributed by atoms with van der Waals surface area (Å²) in [4.78, 5) is 13.7. The summed E-state index contributed by atoms with van der Waals surface area (Å²) in [5.74, 6) is -0.234. The summed E-state index contributed by atoms with van der Waals surface area (Å²) in [6, 6.07) is 14.3. The van der Waals surface area contributed by atoms with Crippen LogP contribution in [0, 0.1) is 0 Å². The Morgan fingerprint density at radius 3 is 2.68 bits per heavy atom. The molecule has 0 saturated heterocycles. The minimum absolute atomic E-state index is 0.00337. The molecule has 0 unspecified atom stereocenters. The molecule has 3 rings (SSSR count). The van der Waals surface area contributed by atoms with Gasteiger partial charge in [0.2, 0.25) is 10.0 Å². The topological polar surface area (TPSA) is 75.7 Å². The number of carbonyl (C=O) groups is 1. The van der Waals surface area contributed by atoms with E-state index in [-0.39, 0.29) is 18.3 Å². The fourth-order valence-electron chi connectivity index (χ4n) is 2.91. The standard InChI is InChI=1S/C18H20N2O4S/c1-24-12-18(21)20-10-9-15-7-8-16(11-17(15)20)19-25(22,23)13-14-5-3-2-4-6-14/h2-8,11,19H,9-10,12-13H2,1H3. The lowest BCUT2D eigenvalue weighted by Gasteiger charge is -2.18. The minimum Gasteiger partial charge on any atom is -0.375 e. The Labute approximate surface area is 147 Å². The Hall–Kier alpha value is -2.38. The monoisotopic (exact) mass is 360 g/mol. The van der Waals surface area contributed by atoms with Gasteiger partial charge in [-0.3, -0.25) is 9.52 Å². The first kappa shape index (κ1) is 17.4. The van der Waals surface area contributed by atoms with Crippen LogP contribution in [0.3, 0.4) is 0 Å². The van der Waals surface area contributed by atoms with Gasteiger partial charge >= 0.3 is 0 Å². The molecular weight excluding hydrogens is 340 g/mol. The zero-order chi connectivity index (χ0) is 17.9. The molecule has 0 aliphatic carbocycles. The van der Waals surface area contributed by atoms with Gasteiger partial charge in [0.05, 0.1) is 11.4 Å². The average molecular weight is 360 g/mol. The zero-order valence-corrected chi connectivity index (χ0v) is 14.8. The quantitative estimate of drug-likeness (QED) is 0.857. The number of nitrogens with zero attached hydrogens (tertiary/aromatic N) is 1. The molecule has 0 radical (unpaired) electrons. The summed E-state index contributed by atoms with van der Waals surface area (Å²) in [6.07, 6.45) is 0.752. The van der Waals surface area contributed by atoms with Gasteiger partial charge in [-0.25, -0.2) is 8.42 Å². The number of methoxy groups -OCH3 is 1. The van der Waals surface area contributed by atoms with E-state index in [2.05, 4.69) is 4.72 Å². The van der Waals surface area contributed by atoms with Crippen molar-refractivity contribution >= 4 is 27.3 Å². The third kappa shape index (κ3) is 4.18. The van der Waals surface area contributed by atoms with Crippen LogP contribution in [0.1, 0.15) is 11.1 Å². The number of rotatable bonds is 6. The van der Waals surface area contributed by atoms with Crippen LogP contribution in [0.15, 0.2) is 48.5 Å². The minimum atomic E-state index is -3.53. The molecule has 25 heavy (non-hydrogen) atoms. The lowest BCUT2D eigenvalue weighted by molar-refractivity contribution is -0.122. The Kier molecular flexibility index (Phi) is 5.06. The number of nitrogens with one attached hydrogen (secondary N) is 1. The number of hydrogen-bond donors (Lipinski definition) is 1. The predicted molar refractivity (Wildman–Crippen MR) is 97.1 cm³/mol. The van der Waals surface area contributed by atoms with Crippen molar-refractivity contribution in [3.05, 3.63) is 59.7 Å². The van der Waals surface area contributed by atoms with Crippen molar-refractivity contribution in [2.75, 3.05) is 29.9 Å². The molecule has 1 N–H and O–H groups in total. The van der Waals surface area contributed by atoms with Gasteiger partial charge in [0.15, 0.2) is 0 Å². The molecule has 0 saturated carbocycles. The average Bonchev–Trinajstić information content (AvgIpc) is 2.98. The number of anilines is 2. The van der Waals surface area contributed by atoms with Crippen molar-refractivity contribution in [3.63, 3.8) is 0 Å². The van der Waals surface area contributed by atoms with Crippen LogP contribution >= 0.6 is 0 Å². The number of amides is 1. The van der Waals surface area contributed by atoms with E-state index in [4.69, 9.17) is 4.74 Å². The predicted octanol–water partition coefficient (Wildman–Crippen LogP) is 2.16. The molecule has 0 atom stereocenters. The second-order valence-corrected chi connectivity index (χ2v) is 7.64. The SMILES string of the molecule is COCC(=O)N1CCc2ccc(NS(=O)(=O)Cc3ccccc3)cc21. The summed E-state index contributed by atoms with van der Waals surface area (Å²) in [5, 5.41) is 0. The van der Waals surface area contributed by atoms with E-state index in [1.165, 1.54) is 7.11 Å². The fourth-order valence-corrected chi connectivity index (χ4v) is 4.10. The van der Waals surface area contributed by atoms with Crippen LogP contribution < -0.4 is 9.62 Å². The first-order chi connectivity index (χ1) is 12.0. The van der Waals surface area contributed by atoms with Gasteiger partial charge in [0.1, 0.15) is 6.61 Å². The number of sulfonamides is 1. The van der Waals surface area contributed by atoms with E-state index in [0.717, 1.165) is 17.7 Å². The van der Waals surface area contributed by atoms with Crippen molar-refractivity contribution in [1.29, 1.82) is 0 Å². The largest absolute Gasteiger partial charge is 0.375 e. The van der Waals surface area contributed by atoms with Gasteiger partial charge in [-0.2, -0.15) is 0 Å². The van der Waals surface area contributed by atoms with Crippen molar-refractivity contribution < 1.29 is 17.9 Å². The number of fused-ring (bicyclic) bond motifs is 1. The normalized spacial score (nSPS) is 13.6. The molecule has 6 nitrogen and oxygen atoms in total. The molecule has 132 valence electrons. The summed E-state index contributed by atoms with van der Waals surface area (Å²) in [7, 11) is -2.06. The van der Waals surface area contributed by atoms with Crippen molar-refractivity contribution in [1.82, 2.24) is 0 Å². The molecule has 2 aromatic carbocycles. The molecule has 0 bridgehead atoms. The van der Waals surface area contributed by atoms with Gasteiger partial charge < -0.3 is 9.64 Å². The van der Waals surface area contributed by atoms with E-state index in [0.29, 0.717) is 17.8 Å². The second-order valence-electron chi connectivity index (χ2n) is 5.92. The van der Waals surface area contributed by atoms with Crippen LogP contribution in [-0.4, -0.2) is 34.6 Å². The molecule has 0 aromatic heterocycles. The Morgan fingerprint density at radius 1 is 1.20 bits per heavy atom. The molecule has 1 heterocycles. The van der Waals surface area contributed by atoms with Gasteiger partial charge in [-0.1, -0.05) is 36.4 Å². The summed E-state index contributed by atoms with van der Waals surface area (Å²) in [5.41, 5.74) is 2.93. The van der Waals surface area contributed by atoms with Crippen LogP contribution in [0.4, 0.5) is 11.4 Å². The summed E-state index contributed by atoms with van der Waals surface area (Å²) >= 11 is 0. The van der Waals surface area contributed by atoms with E-state index in [1.807, 2.05) is 12.1 Å². The third-order valence-electron chi connectivity index (χ3n) is 4.02. The third-order valence-corrected chi connectivity index (χ3v) is 5.28. The molecule has 2 aromatic rings. The maximum atomic E-state index is 12.4. The van der Waals surface area contributed by atoms with E-state index < -0.39 is 10.0 Å². The lowest BCUT2D eigenvalue weighted by atomic mass is 10.1. The van der Waals surface area contributed by atoms with Gasteiger partial charge in [-0.05, 0) is 29.7 Å². The molecule has 0 spiro atoms. The van der Waals surface area contributed by atoms with Crippen molar-refractivity contribution in [2.24, 2.45) is 0 Å². The van der Waals surface area contributed by atoms with Gasteiger partial charge in [0.25, 0.3) is 5.91 Å². The Bertz CT molecular complexity index is 866. The molecule has 1 aliphatic heterocycles. The lowest BCUT2D eigenvalue weighted by Crippen LogP contribution is -2.32. The summed E-state index contributed by atoms with van der Waals surface area (Å²) in [6.45, 7) is 0.584. The number of ether oxygens (including phenoxy) is 1. The molecule has 0 fully saturated rings. The van der Waals surface area contributed by atoms with Gasteiger partial charge in [-0.15, -0.1) is 0 Å². The van der Waals surface area contributed by atoms with E-state index >= 15 is 0 Å². The highest BCUT2D eigenvalue weighted by Crippen LogP contribution is 2.31. The number of benzene rings is 2. The van der Waals surface area contributed by atoms with Crippen LogP contribution in [0.25, 0.3) is 0 Å². The fraction of sp³-hybridized carbons (Fsp3) is 0.278. The highest BCUT2D eigenvalue weighted by atomic mass is 32.2. The van der Waals surface area contributed by atoms with Crippen molar-refractivity contribution in [2.45, 2.75) is 12.2 Å². The molecule has 1 amide bonds. The molecule has 7 heteroatoms. The van der Waals surface area contributed by atoms with Crippen molar-refractivity contribution in [3.8, 4) is 0 Å². The first-order valence-electron chi connectivity index (χ1n) is 7.95. The number of carbonyl (C=O) groups excluding carboxylic acids is 1. The number of hydrogen-bond acceptors (Lipinski definition) is 4. The molecular formula is C18H20N2O4S. The van der Waals surface area contributed by atoms with Crippen LogP contribution in [0.5, 0.6) is 0 Å². The zero-order valence-electron chi connectivity index (χ0n) is 13.9. The molecule has 1 aliphatic rings. The Morgan fingerprint density at radius 2 is 1.96 bits per heavy atom. The van der Waals surface area contributed by atoms with E-state index in [9.17, 15) is 13.2 Å².